The molecule has 0 radical (unpaired) electrons. The van der Waals surface area contributed by atoms with Gasteiger partial charge in [0.2, 0.25) is 5.91 Å². The van der Waals surface area contributed by atoms with Crippen LogP contribution < -0.4 is 4.74 Å². The molecule has 1 amide bonds. The van der Waals surface area contributed by atoms with Crippen molar-refractivity contribution in [1.29, 1.82) is 0 Å². The highest BCUT2D eigenvalue weighted by atomic mass is 16.5. The second-order valence-electron chi connectivity index (χ2n) is 8.45. The number of morpholine rings is 1. The monoisotopic (exact) mass is 444 g/mol. The number of fused-ring (bicyclic) bond motifs is 1. The summed E-state index contributed by atoms with van der Waals surface area (Å²) in [7, 11) is 1.65. The molecular weight excluding hydrogens is 416 g/mol. The fourth-order valence-electron chi connectivity index (χ4n) is 4.58. The van der Waals surface area contributed by atoms with Gasteiger partial charge in [0.25, 0.3) is 0 Å². The normalized spacial score (nSPS) is 18.6. The van der Waals surface area contributed by atoms with Crippen molar-refractivity contribution in [2.75, 3.05) is 39.9 Å². The summed E-state index contributed by atoms with van der Waals surface area (Å²) >= 11 is 0. The Bertz CT molecular complexity index is 1120. The Hall–Kier alpha value is -3.29. The predicted molar refractivity (Wildman–Crippen MR) is 125 cm³/mol. The van der Waals surface area contributed by atoms with E-state index in [4.69, 9.17) is 9.47 Å². The molecule has 0 aliphatic carbocycles. The van der Waals surface area contributed by atoms with Crippen molar-refractivity contribution in [3.63, 3.8) is 0 Å². The van der Waals surface area contributed by atoms with Gasteiger partial charge >= 0.3 is 0 Å². The standard InChI is InChI=1S/C26H28N4O3/c1-32-22-8-6-20(7-9-22)25-26(28-12-11-27-25)23-17-30(14-15-33-23)24(31)18-29-13-10-19-4-2-3-5-21(19)16-29/h2-9,11-12,23H,10,13-18H2,1H3/t23-/m1/s1. The molecule has 3 heterocycles. The van der Waals surface area contributed by atoms with Crippen LogP contribution in [0.1, 0.15) is 22.9 Å². The van der Waals surface area contributed by atoms with Crippen LogP contribution in [-0.4, -0.2) is 65.6 Å². The van der Waals surface area contributed by atoms with Gasteiger partial charge in [-0.2, -0.15) is 0 Å². The lowest BCUT2D eigenvalue weighted by Gasteiger charge is -2.35. The molecule has 0 spiro atoms. The highest BCUT2D eigenvalue weighted by Gasteiger charge is 2.30. The third kappa shape index (κ3) is 4.74. The van der Waals surface area contributed by atoms with Crippen molar-refractivity contribution < 1.29 is 14.3 Å². The lowest BCUT2D eigenvalue weighted by Crippen LogP contribution is -2.47. The Kier molecular flexibility index (Phi) is 6.32. The highest BCUT2D eigenvalue weighted by molar-refractivity contribution is 5.78. The Labute approximate surface area is 194 Å². The summed E-state index contributed by atoms with van der Waals surface area (Å²) in [5, 5.41) is 0. The van der Waals surface area contributed by atoms with Crippen LogP contribution in [0.25, 0.3) is 11.3 Å². The zero-order valence-corrected chi connectivity index (χ0v) is 18.8. The Morgan fingerprint density at radius 3 is 2.67 bits per heavy atom. The number of amides is 1. The van der Waals surface area contributed by atoms with Crippen LogP contribution in [0.2, 0.25) is 0 Å². The molecule has 1 fully saturated rings. The van der Waals surface area contributed by atoms with E-state index in [2.05, 4.69) is 39.1 Å². The summed E-state index contributed by atoms with van der Waals surface area (Å²) in [5.41, 5.74) is 5.18. The molecule has 1 saturated heterocycles. The van der Waals surface area contributed by atoms with Crippen LogP contribution in [0.3, 0.4) is 0 Å². The van der Waals surface area contributed by atoms with E-state index in [0.29, 0.717) is 26.2 Å². The maximum Gasteiger partial charge on any atom is 0.236 e. The van der Waals surface area contributed by atoms with E-state index in [9.17, 15) is 4.79 Å². The maximum atomic E-state index is 13.2. The Morgan fingerprint density at radius 2 is 1.85 bits per heavy atom. The Balaban J connectivity index is 1.28. The number of benzene rings is 2. The number of nitrogens with zero attached hydrogens (tertiary/aromatic N) is 4. The number of carbonyl (C=O) groups is 1. The number of aromatic nitrogens is 2. The minimum Gasteiger partial charge on any atom is -0.497 e. The van der Waals surface area contributed by atoms with Crippen LogP contribution in [0.15, 0.2) is 60.9 Å². The van der Waals surface area contributed by atoms with Gasteiger partial charge in [0.05, 0.1) is 38.2 Å². The van der Waals surface area contributed by atoms with E-state index < -0.39 is 0 Å². The molecular formula is C26H28N4O3. The van der Waals surface area contributed by atoms with Crippen molar-refractivity contribution in [2.45, 2.75) is 19.1 Å². The number of hydrogen-bond acceptors (Lipinski definition) is 6. The molecule has 0 saturated carbocycles. The maximum absolute atomic E-state index is 13.2. The molecule has 2 aliphatic heterocycles. The van der Waals surface area contributed by atoms with Crippen molar-refractivity contribution in [3.8, 4) is 17.0 Å². The SMILES string of the molecule is COc1ccc(-c2nccnc2[C@H]2CN(C(=O)CN3CCc4ccccc4C3)CCO2)cc1. The van der Waals surface area contributed by atoms with Gasteiger partial charge in [-0.1, -0.05) is 24.3 Å². The number of ether oxygens (including phenoxy) is 2. The quantitative estimate of drug-likeness (QED) is 0.603. The van der Waals surface area contributed by atoms with Gasteiger partial charge < -0.3 is 14.4 Å². The molecule has 2 aliphatic rings. The lowest BCUT2D eigenvalue weighted by molar-refractivity contribution is -0.140. The minimum atomic E-state index is -0.310. The Morgan fingerprint density at radius 1 is 1.06 bits per heavy atom. The zero-order chi connectivity index (χ0) is 22.6. The highest BCUT2D eigenvalue weighted by Crippen LogP contribution is 2.30. The molecule has 3 aromatic rings. The third-order valence-corrected chi connectivity index (χ3v) is 6.38. The zero-order valence-electron chi connectivity index (χ0n) is 18.8. The molecule has 7 heteroatoms. The fourth-order valence-corrected chi connectivity index (χ4v) is 4.58. The van der Waals surface area contributed by atoms with E-state index >= 15 is 0 Å². The van der Waals surface area contributed by atoms with E-state index in [-0.39, 0.29) is 12.0 Å². The van der Waals surface area contributed by atoms with Gasteiger partial charge in [-0.05, 0) is 41.8 Å². The largest absolute Gasteiger partial charge is 0.497 e. The van der Waals surface area contributed by atoms with Crippen LogP contribution in [0.5, 0.6) is 5.75 Å². The third-order valence-electron chi connectivity index (χ3n) is 6.38. The van der Waals surface area contributed by atoms with E-state index in [0.717, 1.165) is 42.2 Å². The van der Waals surface area contributed by atoms with Crippen molar-refractivity contribution >= 4 is 5.91 Å². The molecule has 0 bridgehead atoms. The van der Waals surface area contributed by atoms with E-state index in [1.54, 1.807) is 19.5 Å². The van der Waals surface area contributed by atoms with Gasteiger partial charge in [-0.25, -0.2) is 0 Å². The summed E-state index contributed by atoms with van der Waals surface area (Å²) < 4.78 is 11.3. The summed E-state index contributed by atoms with van der Waals surface area (Å²) in [6, 6.07) is 16.2. The van der Waals surface area contributed by atoms with Gasteiger partial charge in [-0.15, -0.1) is 0 Å². The van der Waals surface area contributed by atoms with Crippen LogP contribution in [0.4, 0.5) is 0 Å². The molecule has 33 heavy (non-hydrogen) atoms. The van der Waals surface area contributed by atoms with Crippen molar-refractivity contribution in [3.05, 3.63) is 77.7 Å². The number of methoxy groups -OCH3 is 1. The molecule has 0 N–H and O–H groups in total. The first-order valence-corrected chi connectivity index (χ1v) is 11.3. The summed E-state index contributed by atoms with van der Waals surface area (Å²) in [6.45, 7) is 3.71. The van der Waals surface area contributed by atoms with E-state index in [1.807, 2.05) is 29.2 Å². The minimum absolute atomic E-state index is 0.137. The molecule has 7 nitrogen and oxygen atoms in total. The van der Waals surface area contributed by atoms with Crippen molar-refractivity contribution in [1.82, 2.24) is 19.8 Å². The first-order chi connectivity index (χ1) is 16.2. The number of rotatable bonds is 5. The second-order valence-corrected chi connectivity index (χ2v) is 8.45. The summed E-state index contributed by atoms with van der Waals surface area (Å²) in [6.07, 6.45) is 4.04. The van der Waals surface area contributed by atoms with Gasteiger partial charge in [-0.3, -0.25) is 19.7 Å². The molecule has 2 aromatic carbocycles. The van der Waals surface area contributed by atoms with Crippen LogP contribution in [-0.2, 0) is 22.5 Å². The summed E-state index contributed by atoms with van der Waals surface area (Å²) in [5.74, 6) is 0.924. The van der Waals surface area contributed by atoms with Crippen LogP contribution in [0, 0.1) is 0 Å². The first-order valence-electron chi connectivity index (χ1n) is 11.3. The molecule has 170 valence electrons. The molecule has 1 atom stereocenters. The van der Waals surface area contributed by atoms with Crippen molar-refractivity contribution in [2.24, 2.45) is 0 Å². The number of hydrogen-bond donors (Lipinski definition) is 0. The number of carbonyl (C=O) groups excluding carboxylic acids is 1. The van der Waals surface area contributed by atoms with Gasteiger partial charge in [0, 0.05) is 37.6 Å². The molecule has 0 unspecified atom stereocenters. The predicted octanol–water partition coefficient (Wildman–Crippen LogP) is 3.11. The van der Waals surface area contributed by atoms with Gasteiger partial charge in [0.1, 0.15) is 11.9 Å². The van der Waals surface area contributed by atoms with Crippen LogP contribution >= 0.6 is 0 Å². The second kappa shape index (κ2) is 9.68. The fraction of sp³-hybridized carbons (Fsp3) is 0.346. The average molecular weight is 445 g/mol. The average Bonchev–Trinajstić information content (AvgIpc) is 2.89. The van der Waals surface area contributed by atoms with E-state index in [1.165, 1.54) is 11.1 Å². The topological polar surface area (TPSA) is 67.8 Å². The van der Waals surface area contributed by atoms with Gasteiger partial charge in [0.15, 0.2) is 0 Å². The summed E-state index contributed by atoms with van der Waals surface area (Å²) in [4.78, 5) is 26.5. The molecule has 5 rings (SSSR count). The molecule has 1 aromatic heterocycles. The first kappa shape index (κ1) is 21.6. The lowest BCUT2D eigenvalue weighted by atomic mass is 10.00. The smallest absolute Gasteiger partial charge is 0.236 e.